The molecule has 2 rings (SSSR count). The quantitative estimate of drug-likeness (QED) is 0.808. The van der Waals surface area contributed by atoms with Crippen molar-refractivity contribution in [1.29, 1.82) is 5.26 Å². The maximum atomic E-state index is 12.2. The van der Waals surface area contributed by atoms with E-state index in [1.807, 2.05) is 10.8 Å². The molecule has 1 aromatic carbocycles. The Balaban J connectivity index is 2.06. The molecule has 24 heavy (non-hydrogen) atoms. The van der Waals surface area contributed by atoms with E-state index in [9.17, 15) is 13.2 Å². The molecule has 0 aliphatic rings. The summed E-state index contributed by atoms with van der Waals surface area (Å²) in [5, 5.41) is 8.72. The first kappa shape index (κ1) is 17.9. The molecule has 0 bridgehead atoms. The van der Waals surface area contributed by atoms with Crippen molar-refractivity contribution in [1.82, 2.24) is 9.71 Å². The van der Waals surface area contributed by atoms with E-state index in [-0.39, 0.29) is 4.90 Å². The first-order valence-electron chi connectivity index (χ1n) is 6.66. The second-order valence-electron chi connectivity index (χ2n) is 4.70. The monoisotopic (exact) mass is 409 g/mol. The number of halogens is 1. The van der Waals surface area contributed by atoms with E-state index in [1.165, 1.54) is 43.5 Å². The summed E-state index contributed by atoms with van der Waals surface area (Å²) >= 11 is 3.12. The Morgan fingerprint density at radius 1 is 1.33 bits per heavy atom. The number of carbonyl (C=O) groups is 1. The lowest BCUT2D eigenvalue weighted by Gasteiger charge is -2.15. The summed E-state index contributed by atoms with van der Waals surface area (Å²) in [6.07, 6.45) is 1.51. The number of rotatable bonds is 5. The molecule has 7 nitrogen and oxygen atoms in total. The van der Waals surface area contributed by atoms with Crippen LogP contribution >= 0.6 is 15.9 Å². The van der Waals surface area contributed by atoms with Crippen LogP contribution in [-0.2, 0) is 14.8 Å². The van der Waals surface area contributed by atoms with Crippen molar-refractivity contribution >= 4 is 31.9 Å². The van der Waals surface area contributed by atoms with Gasteiger partial charge in [-0.1, -0.05) is 0 Å². The Morgan fingerprint density at radius 3 is 2.58 bits per heavy atom. The lowest BCUT2D eigenvalue weighted by Crippen LogP contribution is -2.40. The minimum atomic E-state index is -4.05. The topological polar surface area (TPSA) is 109 Å². The lowest BCUT2D eigenvalue weighted by atomic mass is 10.2. The molecule has 1 heterocycles. The summed E-state index contributed by atoms with van der Waals surface area (Å²) in [5.41, 5.74) is 0.448. The van der Waals surface area contributed by atoms with Gasteiger partial charge < -0.3 is 4.74 Å². The van der Waals surface area contributed by atoms with Crippen LogP contribution in [0.1, 0.15) is 12.5 Å². The molecule has 0 fully saturated rings. The normalized spacial score (nSPS) is 12.0. The van der Waals surface area contributed by atoms with Crippen molar-refractivity contribution in [3.05, 3.63) is 52.8 Å². The van der Waals surface area contributed by atoms with Gasteiger partial charge in [0.2, 0.25) is 0 Å². The number of carbonyl (C=O) groups excluding carboxylic acids is 1. The molecular formula is C15H12BrN3O4S. The number of nitriles is 1. The molecule has 0 spiro atoms. The molecule has 1 aromatic heterocycles. The summed E-state index contributed by atoms with van der Waals surface area (Å²) < 4.78 is 32.1. The molecule has 9 heteroatoms. The average molecular weight is 410 g/mol. The number of nitrogens with one attached hydrogen (secondary N) is 1. The van der Waals surface area contributed by atoms with Crippen LogP contribution in [0, 0.1) is 11.3 Å². The lowest BCUT2D eigenvalue weighted by molar-refractivity contribution is -0.125. The van der Waals surface area contributed by atoms with Gasteiger partial charge in [0.1, 0.15) is 10.6 Å². The molecule has 0 radical (unpaired) electrons. The molecule has 2 aromatic rings. The molecule has 0 aliphatic heterocycles. The third-order valence-corrected chi connectivity index (χ3v) is 4.64. The molecule has 1 N–H and O–H groups in total. The van der Waals surface area contributed by atoms with Gasteiger partial charge in [-0.15, -0.1) is 0 Å². The van der Waals surface area contributed by atoms with Crippen LogP contribution in [0.25, 0.3) is 0 Å². The zero-order valence-corrected chi connectivity index (χ0v) is 14.8. The summed E-state index contributed by atoms with van der Waals surface area (Å²) in [6.45, 7) is 1.42. The fraction of sp³-hybridized carbons (Fsp3) is 0.133. The number of amides is 1. The number of pyridine rings is 1. The molecule has 0 saturated heterocycles. The van der Waals surface area contributed by atoms with Crippen molar-refractivity contribution in [3.8, 4) is 11.8 Å². The minimum absolute atomic E-state index is 0.143. The SMILES string of the molecule is C[C@@H](Oc1ccc(C#N)cc1)C(=O)NS(=O)(=O)c1cncc(Br)c1. The van der Waals surface area contributed by atoms with Gasteiger partial charge in [-0.05, 0) is 53.2 Å². The van der Waals surface area contributed by atoms with Crippen LogP contribution in [0.2, 0.25) is 0 Å². The third-order valence-electron chi connectivity index (χ3n) is 2.89. The second-order valence-corrected chi connectivity index (χ2v) is 7.30. The molecule has 0 aliphatic carbocycles. The zero-order valence-electron chi connectivity index (χ0n) is 12.4. The first-order chi connectivity index (χ1) is 11.3. The fourth-order valence-electron chi connectivity index (χ4n) is 1.68. The highest BCUT2D eigenvalue weighted by molar-refractivity contribution is 9.10. The van der Waals surface area contributed by atoms with Gasteiger partial charge in [-0.2, -0.15) is 5.26 Å². The molecule has 0 saturated carbocycles. The fourth-order valence-corrected chi connectivity index (χ4v) is 3.23. The summed E-state index contributed by atoms with van der Waals surface area (Å²) in [4.78, 5) is 15.7. The Bertz CT molecular complexity index is 892. The van der Waals surface area contributed by atoms with Gasteiger partial charge >= 0.3 is 0 Å². The molecule has 124 valence electrons. The van der Waals surface area contributed by atoms with E-state index in [0.29, 0.717) is 15.8 Å². The van der Waals surface area contributed by atoms with Gasteiger partial charge in [-0.3, -0.25) is 9.78 Å². The zero-order chi connectivity index (χ0) is 17.7. The maximum Gasteiger partial charge on any atom is 0.274 e. The number of benzene rings is 1. The Labute approximate surface area is 147 Å². The smallest absolute Gasteiger partial charge is 0.274 e. The van der Waals surface area contributed by atoms with E-state index >= 15 is 0 Å². The molecule has 0 unspecified atom stereocenters. The van der Waals surface area contributed by atoms with Crippen molar-refractivity contribution in [2.24, 2.45) is 0 Å². The third kappa shape index (κ3) is 4.53. The van der Waals surface area contributed by atoms with Gasteiger partial charge in [0.15, 0.2) is 6.10 Å². The minimum Gasteiger partial charge on any atom is -0.481 e. The van der Waals surface area contributed by atoms with Crippen molar-refractivity contribution in [2.75, 3.05) is 0 Å². The highest BCUT2D eigenvalue weighted by Gasteiger charge is 2.23. The van der Waals surface area contributed by atoms with Crippen LogP contribution < -0.4 is 9.46 Å². The highest BCUT2D eigenvalue weighted by Crippen LogP contribution is 2.16. The van der Waals surface area contributed by atoms with Crippen LogP contribution in [0.5, 0.6) is 5.75 Å². The predicted molar refractivity (Wildman–Crippen MR) is 88.5 cm³/mol. The highest BCUT2D eigenvalue weighted by atomic mass is 79.9. The standard InChI is InChI=1S/C15H12BrN3O4S/c1-10(23-13-4-2-11(7-17)3-5-13)15(20)19-24(21,22)14-6-12(16)8-18-9-14/h2-6,8-10H,1H3,(H,19,20)/t10-/m1/s1. The predicted octanol–water partition coefficient (Wildman–Crippen LogP) is 1.99. The summed E-state index contributed by atoms with van der Waals surface area (Å²) in [7, 11) is -4.05. The van der Waals surface area contributed by atoms with E-state index in [2.05, 4.69) is 20.9 Å². The van der Waals surface area contributed by atoms with Crippen molar-refractivity contribution in [2.45, 2.75) is 17.9 Å². The van der Waals surface area contributed by atoms with Crippen LogP contribution in [0.15, 0.2) is 52.1 Å². The van der Waals surface area contributed by atoms with E-state index in [4.69, 9.17) is 10.00 Å². The Kier molecular flexibility index (Phi) is 5.54. The first-order valence-corrected chi connectivity index (χ1v) is 8.93. The molecular weight excluding hydrogens is 398 g/mol. The van der Waals surface area contributed by atoms with Crippen molar-refractivity contribution in [3.63, 3.8) is 0 Å². The number of ether oxygens (including phenoxy) is 1. The van der Waals surface area contributed by atoms with Crippen LogP contribution in [0.4, 0.5) is 0 Å². The average Bonchev–Trinajstić information content (AvgIpc) is 2.55. The van der Waals surface area contributed by atoms with Gasteiger partial charge in [-0.25, -0.2) is 13.1 Å². The van der Waals surface area contributed by atoms with E-state index in [1.54, 1.807) is 0 Å². The van der Waals surface area contributed by atoms with E-state index < -0.39 is 22.0 Å². The molecule has 1 atom stereocenters. The number of aromatic nitrogens is 1. The van der Waals surface area contributed by atoms with Gasteiger partial charge in [0.05, 0.1) is 11.6 Å². The second kappa shape index (κ2) is 7.42. The van der Waals surface area contributed by atoms with Crippen molar-refractivity contribution < 1.29 is 17.9 Å². The number of nitrogens with zero attached hydrogens (tertiary/aromatic N) is 2. The molecule has 1 amide bonds. The van der Waals surface area contributed by atoms with Crippen LogP contribution in [0.3, 0.4) is 0 Å². The van der Waals surface area contributed by atoms with Gasteiger partial charge in [0.25, 0.3) is 15.9 Å². The van der Waals surface area contributed by atoms with E-state index in [0.717, 1.165) is 6.20 Å². The Hall–Kier alpha value is -2.44. The number of hydrogen-bond donors (Lipinski definition) is 1. The van der Waals surface area contributed by atoms with Crippen LogP contribution in [-0.4, -0.2) is 25.4 Å². The number of hydrogen-bond acceptors (Lipinski definition) is 6. The maximum absolute atomic E-state index is 12.2. The Morgan fingerprint density at radius 2 is 2.00 bits per heavy atom. The number of sulfonamides is 1. The largest absolute Gasteiger partial charge is 0.481 e. The summed E-state index contributed by atoms with van der Waals surface area (Å²) in [6, 6.07) is 9.40. The summed E-state index contributed by atoms with van der Waals surface area (Å²) in [5.74, 6) is -0.475. The van der Waals surface area contributed by atoms with Gasteiger partial charge in [0, 0.05) is 16.9 Å².